The first-order valence-electron chi connectivity index (χ1n) is 8.86. The van der Waals surface area contributed by atoms with Crippen molar-refractivity contribution in [3.63, 3.8) is 0 Å². The van der Waals surface area contributed by atoms with Crippen molar-refractivity contribution in [1.82, 2.24) is 4.98 Å². The highest BCUT2D eigenvalue weighted by molar-refractivity contribution is 7.22. The number of methoxy groups -OCH3 is 1. The third-order valence-corrected chi connectivity index (χ3v) is 5.27. The molecule has 0 spiro atoms. The summed E-state index contributed by atoms with van der Waals surface area (Å²) in [7, 11) is 1.60. The number of thiazole rings is 1. The Morgan fingerprint density at radius 3 is 2.77 bits per heavy atom. The zero-order valence-corrected chi connectivity index (χ0v) is 17.4. The van der Waals surface area contributed by atoms with Crippen LogP contribution >= 0.6 is 22.9 Å². The molecule has 0 bridgehead atoms. The fourth-order valence-corrected chi connectivity index (χ4v) is 3.64. The molecule has 2 heterocycles. The number of anilines is 1. The molecule has 0 unspecified atom stereocenters. The number of furan rings is 1. The van der Waals surface area contributed by atoms with E-state index in [1.165, 1.54) is 28.8 Å². The highest BCUT2D eigenvalue weighted by atomic mass is 35.5. The number of rotatable bonds is 7. The third-order valence-electron chi connectivity index (χ3n) is 4.02. The summed E-state index contributed by atoms with van der Waals surface area (Å²) in [5, 5.41) is 6.48. The average Bonchev–Trinajstić information content (AvgIpc) is 3.42. The van der Waals surface area contributed by atoms with Crippen LogP contribution in [0.15, 0.2) is 70.4 Å². The van der Waals surface area contributed by atoms with Gasteiger partial charge in [0.15, 0.2) is 6.61 Å². The van der Waals surface area contributed by atoms with Crippen LogP contribution in [-0.2, 0) is 4.79 Å². The lowest BCUT2D eigenvalue weighted by molar-refractivity contribution is -0.120. The predicted octanol–water partition coefficient (Wildman–Crippen LogP) is 5.00. The number of nitrogens with zero attached hydrogens (tertiary/aromatic N) is 3. The number of amides is 1. The summed E-state index contributed by atoms with van der Waals surface area (Å²) in [5.41, 5.74) is 0.736. The molecule has 0 saturated heterocycles. The SMILES string of the molecule is COc1ccc2nc(N(/N=C/c3ccco3)C(=O)COc3ccc(Cl)cc3)sc2c1. The van der Waals surface area contributed by atoms with Crippen LogP contribution in [0.4, 0.5) is 5.13 Å². The van der Waals surface area contributed by atoms with Gasteiger partial charge < -0.3 is 13.9 Å². The maximum Gasteiger partial charge on any atom is 0.287 e. The molecule has 2 aromatic carbocycles. The van der Waals surface area contributed by atoms with Crippen molar-refractivity contribution < 1.29 is 18.7 Å². The lowest BCUT2D eigenvalue weighted by Crippen LogP contribution is -2.30. The molecule has 0 N–H and O–H groups in total. The number of halogens is 1. The normalized spacial score (nSPS) is 11.1. The minimum Gasteiger partial charge on any atom is -0.497 e. The zero-order valence-electron chi connectivity index (χ0n) is 15.8. The Balaban J connectivity index is 1.60. The van der Waals surface area contributed by atoms with E-state index in [1.807, 2.05) is 18.2 Å². The fraction of sp³-hybridized carbons (Fsp3) is 0.0952. The van der Waals surface area contributed by atoms with Crippen LogP contribution in [0.25, 0.3) is 10.2 Å². The lowest BCUT2D eigenvalue weighted by atomic mass is 10.3. The molecule has 0 radical (unpaired) electrons. The van der Waals surface area contributed by atoms with Crippen molar-refractivity contribution >= 4 is 50.4 Å². The number of hydrogen-bond donors (Lipinski definition) is 0. The summed E-state index contributed by atoms with van der Waals surface area (Å²) in [6, 6.07) is 15.7. The molecule has 0 aliphatic carbocycles. The van der Waals surface area contributed by atoms with E-state index in [4.69, 9.17) is 25.5 Å². The minimum absolute atomic E-state index is 0.226. The summed E-state index contributed by atoms with van der Waals surface area (Å²) in [5.74, 6) is 1.35. The molecule has 4 rings (SSSR count). The molecule has 0 saturated carbocycles. The van der Waals surface area contributed by atoms with Gasteiger partial charge in [-0.3, -0.25) is 4.79 Å². The summed E-state index contributed by atoms with van der Waals surface area (Å²) >= 11 is 7.20. The zero-order chi connectivity index (χ0) is 20.9. The van der Waals surface area contributed by atoms with Gasteiger partial charge in [0.05, 0.1) is 29.8 Å². The van der Waals surface area contributed by atoms with E-state index in [9.17, 15) is 4.79 Å². The van der Waals surface area contributed by atoms with Gasteiger partial charge in [-0.2, -0.15) is 10.1 Å². The van der Waals surface area contributed by atoms with Gasteiger partial charge in [-0.05, 0) is 54.6 Å². The molecule has 1 amide bonds. The van der Waals surface area contributed by atoms with Gasteiger partial charge in [-0.25, -0.2) is 4.98 Å². The quantitative estimate of drug-likeness (QED) is 0.298. The molecule has 152 valence electrons. The first-order valence-corrected chi connectivity index (χ1v) is 10.1. The highest BCUT2D eigenvalue weighted by Crippen LogP contribution is 2.32. The van der Waals surface area contributed by atoms with Crippen molar-refractivity contribution in [3.8, 4) is 11.5 Å². The standard InChI is InChI=1S/C21H16ClN3O4S/c1-27-16-8-9-18-19(11-16)30-21(24-18)25(23-12-17-3-2-10-28-17)20(26)13-29-15-6-4-14(22)5-7-15/h2-12H,13H2,1H3/b23-12+. The molecule has 9 heteroatoms. The number of aromatic nitrogens is 1. The van der Waals surface area contributed by atoms with Gasteiger partial charge in [0, 0.05) is 5.02 Å². The van der Waals surface area contributed by atoms with Gasteiger partial charge >= 0.3 is 0 Å². The topological polar surface area (TPSA) is 77.2 Å². The Hall–Kier alpha value is -3.36. The Morgan fingerprint density at radius 2 is 2.03 bits per heavy atom. The summed E-state index contributed by atoms with van der Waals surface area (Å²) in [6.07, 6.45) is 2.98. The smallest absolute Gasteiger partial charge is 0.287 e. The summed E-state index contributed by atoms with van der Waals surface area (Å²) in [4.78, 5) is 17.4. The van der Waals surface area contributed by atoms with Crippen molar-refractivity contribution in [3.05, 3.63) is 71.6 Å². The summed E-state index contributed by atoms with van der Waals surface area (Å²) in [6.45, 7) is -0.226. The van der Waals surface area contributed by atoms with Gasteiger partial charge in [0.2, 0.25) is 5.13 Å². The van der Waals surface area contributed by atoms with Gasteiger partial charge in [-0.15, -0.1) is 0 Å². The second-order valence-electron chi connectivity index (χ2n) is 6.04. The van der Waals surface area contributed by atoms with Crippen LogP contribution in [0, 0.1) is 0 Å². The molecule has 0 fully saturated rings. The van der Waals surface area contributed by atoms with Crippen LogP contribution in [0.1, 0.15) is 5.76 Å². The minimum atomic E-state index is -0.390. The Bertz CT molecular complexity index is 1170. The number of hydrogen-bond acceptors (Lipinski definition) is 7. The third kappa shape index (κ3) is 4.61. The van der Waals surface area contributed by atoms with E-state index in [0.717, 1.165) is 10.2 Å². The number of carbonyl (C=O) groups excluding carboxylic acids is 1. The van der Waals surface area contributed by atoms with Crippen LogP contribution in [-0.4, -0.2) is 30.8 Å². The van der Waals surface area contributed by atoms with Crippen molar-refractivity contribution in [2.45, 2.75) is 0 Å². The molecule has 0 aliphatic rings. The molecule has 30 heavy (non-hydrogen) atoms. The molecule has 0 atom stereocenters. The van der Waals surface area contributed by atoms with E-state index in [0.29, 0.717) is 27.4 Å². The van der Waals surface area contributed by atoms with Crippen LogP contribution in [0.3, 0.4) is 0 Å². The monoisotopic (exact) mass is 441 g/mol. The van der Waals surface area contributed by atoms with Gasteiger partial charge in [0.25, 0.3) is 5.91 Å². The number of carbonyl (C=O) groups is 1. The molecule has 2 aromatic heterocycles. The van der Waals surface area contributed by atoms with E-state index in [2.05, 4.69) is 10.1 Å². The number of fused-ring (bicyclic) bond motifs is 1. The maximum atomic E-state index is 12.9. The Morgan fingerprint density at radius 1 is 1.23 bits per heavy atom. The van der Waals surface area contributed by atoms with Crippen LogP contribution < -0.4 is 14.5 Å². The van der Waals surface area contributed by atoms with E-state index in [-0.39, 0.29) is 6.61 Å². The lowest BCUT2D eigenvalue weighted by Gasteiger charge is -2.14. The molecule has 4 aromatic rings. The molecular formula is C21H16ClN3O4S. The van der Waals surface area contributed by atoms with E-state index in [1.54, 1.807) is 43.5 Å². The first-order chi connectivity index (χ1) is 14.6. The first kappa shape index (κ1) is 19.9. The predicted molar refractivity (Wildman–Crippen MR) is 117 cm³/mol. The average molecular weight is 442 g/mol. The largest absolute Gasteiger partial charge is 0.497 e. The summed E-state index contributed by atoms with van der Waals surface area (Å²) < 4.78 is 17.0. The highest BCUT2D eigenvalue weighted by Gasteiger charge is 2.20. The maximum absolute atomic E-state index is 12.9. The van der Waals surface area contributed by atoms with Crippen LogP contribution in [0.2, 0.25) is 5.02 Å². The van der Waals surface area contributed by atoms with Crippen molar-refractivity contribution in [2.75, 3.05) is 18.7 Å². The number of ether oxygens (including phenoxy) is 2. The molecular weight excluding hydrogens is 426 g/mol. The molecule has 0 aliphatic heterocycles. The fourth-order valence-electron chi connectivity index (χ4n) is 2.55. The second kappa shape index (κ2) is 8.98. The van der Waals surface area contributed by atoms with Crippen molar-refractivity contribution in [2.24, 2.45) is 5.10 Å². The van der Waals surface area contributed by atoms with Gasteiger partial charge in [0.1, 0.15) is 17.3 Å². The number of hydrazone groups is 1. The second-order valence-corrected chi connectivity index (χ2v) is 7.48. The molecule has 7 nitrogen and oxygen atoms in total. The Labute approximate surface area is 181 Å². The van der Waals surface area contributed by atoms with E-state index >= 15 is 0 Å². The van der Waals surface area contributed by atoms with Crippen molar-refractivity contribution in [1.29, 1.82) is 0 Å². The van der Waals surface area contributed by atoms with Gasteiger partial charge in [-0.1, -0.05) is 22.9 Å². The Kier molecular flexibility index (Phi) is 5.97. The van der Waals surface area contributed by atoms with Crippen LogP contribution in [0.5, 0.6) is 11.5 Å². The number of benzene rings is 2. The van der Waals surface area contributed by atoms with E-state index < -0.39 is 5.91 Å².